The number of hydrogen-bond donors (Lipinski definition) is 3. The Morgan fingerprint density at radius 1 is 1.17 bits per heavy atom. The molecule has 1 aromatic rings. The fourth-order valence-electron chi connectivity index (χ4n) is 1.80. The van der Waals surface area contributed by atoms with Gasteiger partial charge in [0.15, 0.2) is 0 Å². The lowest BCUT2D eigenvalue weighted by atomic mass is 10.2. The maximum absolute atomic E-state index is 12.2. The highest BCUT2D eigenvalue weighted by atomic mass is 35.5. The van der Waals surface area contributed by atoms with E-state index >= 15 is 0 Å². The van der Waals surface area contributed by atoms with Crippen molar-refractivity contribution in [3.05, 3.63) is 29.8 Å². The average Bonchev–Trinajstić information content (AvgIpc) is 2.50. The molecule has 1 rings (SSSR count). The zero-order chi connectivity index (χ0) is 17.3. The molecule has 7 nitrogen and oxygen atoms in total. The number of sulfonamides is 1. The first kappa shape index (κ1) is 22.8. The Balaban J connectivity index is 0.00000529. The summed E-state index contributed by atoms with van der Waals surface area (Å²) in [6, 6.07) is 5.61. The number of hydrogen-bond acceptors (Lipinski definition) is 5. The number of halogens is 1. The van der Waals surface area contributed by atoms with Crippen LogP contribution in [-0.2, 0) is 19.6 Å². The normalized spacial score (nSPS) is 12.3. The molecule has 0 bridgehead atoms. The molecule has 0 fully saturated rings. The molecule has 24 heavy (non-hydrogen) atoms. The Kier molecular flexibility index (Phi) is 10.8. The Morgan fingerprint density at radius 3 is 2.38 bits per heavy atom. The molecule has 0 aliphatic carbocycles. The number of carbonyl (C=O) groups excluding carboxylic acids is 1. The molecule has 0 spiro atoms. The van der Waals surface area contributed by atoms with Crippen LogP contribution in [0.2, 0.25) is 0 Å². The fraction of sp³-hybridized carbons (Fsp3) is 0.533. The molecule has 0 saturated heterocycles. The first-order valence-corrected chi connectivity index (χ1v) is 8.91. The maximum atomic E-state index is 12.2. The van der Waals surface area contributed by atoms with Crippen LogP contribution >= 0.6 is 12.4 Å². The van der Waals surface area contributed by atoms with Crippen LogP contribution < -0.4 is 15.4 Å². The summed E-state index contributed by atoms with van der Waals surface area (Å²) in [6.07, 6.45) is 0. The number of nitrogens with one attached hydrogen (secondary N) is 3. The summed E-state index contributed by atoms with van der Waals surface area (Å²) in [6.45, 7) is 5.69. The summed E-state index contributed by atoms with van der Waals surface area (Å²) < 4.78 is 31.6. The van der Waals surface area contributed by atoms with Crippen molar-refractivity contribution >= 4 is 28.3 Å². The Hall–Kier alpha value is -1.19. The van der Waals surface area contributed by atoms with Crippen molar-refractivity contribution in [1.82, 2.24) is 15.4 Å². The van der Waals surface area contributed by atoms with E-state index in [0.29, 0.717) is 26.2 Å². The van der Waals surface area contributed by atoms with E-state index in [1.807, 2.05) is 6.92 Å². The summed E-state index contributed by atoms with van der Waals surface area (Å²) >= 11 is 0. The van der Waals surface area contributed by atoms with Crippen LogP contribution in [0.4, 0.5) is 0 Å². The quantitative estimate of drug-likeness (QED) is 0.512. The lowest BCUT2D eigenvalue weighted by Gasteiger charge is -2.14. The van der Waals surface area contributed by atoms with E-state index in [9.17, 15) is 13.2 Å². The standard InChI is InChI=1S/C15H25N3O4S.ClH/c1-12-4-6-14(7-5-12)23(20,21)18-13(2)15(19)17-9-8-16-10-11-22-3;/h4-7,13,16,18H,8-11H2,1-3H3,(H,17,19);1H. The van der Waals surface area contributed by atoms with Gasteiger partial charge in [-0.1, -0.05) is 17.7 Å². The van der Waals surface area contributed by atoms with Crippen molar-refractivity contribution in [2.45, 2.75) is 24.8 Å². The smallest absolute Gasteiger partial charge is 0.241 e. The topological polar surface area (TPSA) is 96.5 Å². The summed E-state index contributed by atoms with van der Waals surface area (Å²) in [7, 11) is -2.09. The number of amides is 1. The Bertz CT molecular complexity index is 593. The van der Waals surface area contributed by atoms with Crippen LogP contribution in [0.5, 0.6) is 0 Å². The third kappa shape index (κ3) is 8.07. The molecule has 0 aliphatic heterocycles. The molecular formula is C15H26ClN3O4S. The third-order valence-corrected chi connectivity index (χ3v) is 4.70. The Morgan fingerprint density at radius 2 is 1.79 bits per heavy atom. The molecular weight excluding hydrogens is 354 g/mol. The van der Waals surface area contributed by atoms with Crippen LogP contribution in [-0.4, -0.2) is 53.7 Å². The van der Waals surface area contributed by atoms with Gasteiger partial charge in [-0.25, -0.2) is 8.42 Å². The number of rotatable bonds is 10. The van der Waals surface area contributed by atoms with Crippen molar-refractivity contribution in [2.75, 3.05) is 33.4 Å². The minimum Gasteiger partial charge on any atom is -0.383 e. The van der Waals surface area contributed by atoms with Gasteiger partial charge >= 0.3 is 0 Å². The van der Waals surface area contributed by atoms with E-state index in [0.717, 1.165) is 5.56 Å². The van der Waals surface area contributed by atoms with Gasteiger partial charge in [-0.05, 0) is 26.0 Å². The van der Waals surface area contributed by atoms with Crippen LogP contribution in [0.3, 0.4) is 0 Å². The van der Waals surface area contributed by atoms with E-state index in [1.165, 1.54) is 19.1 Å². The molecule has 3 N–H and O–H groups in total. The maximum Gasteiger partial charge on any atom is 0.241 e. The second-order valence-electron chi connectivity index (χ2n) is 5.19. The fourth-order valence-corrected chi connectivity index (χ4v) is 3.00. The molecule has 0 radical (unpaired) electrons. The van der Waals surface area contributed by atoms with E-state index in [4.69, 9.17) is 4.74 Å². The number of methoxy groups -OCH3 is 1. The minimum atomic E-state index is -3.71. The first-order valence-electron chi connectivity index (χ1n) is 7.43. The second kappa shape index (κ2) is 11.4. The van der Waals surface area contributed by atoms with Gasteiger partial charge in [-0.2, -0.15) is 4.72 Å². The molecule has 0 aliphatic rings. The van der Waals surface area contributed by atoms with Crippen molar-refractivity contribution in [2.24, 2.45) is 0 Å². The molecule has 1 atom stereocenters. The number of carbonyl (C=O) groups is 1. The molecule has 0 aromatic heterocycles. The SMILES string of the molecule is COCCNCCNC(=O)C(C)NS(=O)(=O)c1ccc(C)cc1.Cl. The highest BCUT2D eigenvalue weighted by Gasteiger charge is 2.21. The predicted octanol–water partition coefficient (Wildman–Crippen LogP) is 0.436. The zero-order valence-corrected chi connectivity index (χ0v) is 15.8. The van der Waals surface area contributed by atoms with Gasteiger partial charge in [-0.15, -0.1) is 12.4 Å². The van der Waals surface area contributed by atoms with Gasteiger partial charge in [-0.3, -0.25) is 4.79 Å². The summed E-state index contributed by atoms with van der Waals surface area (Å²) in [5.74, 6) is -0.366. The summed E-state index contributed by atoms with van der Waals surface area (Å²) in [5, 5.41) is 5.75. The molecule has 1 amide bonds. The predicted molar refractivity (Wildman–Crippen MR) is 96.0 cm³/mol. The number of ether oxygens (including phenoxy) is 1. The van der Waals surface area contributed by atoms with Crippen LogP contribution in [0, 0.1) is 6.92 Å². The highest BCUT2D eigenvalue weighted by Crippen LogP contribution is 2.10. The first-order chi connectivity index (χ1) is 10.9. The van der Waals surface area contributed by atoms with E-state index in [1.54, 1.807) is 19.2 Å². The highest BCUT2D eigenvalue weighted by molar-refractivity contribution is 7.89. The third-order valence-electron chi connectivity index (χ3n) is 3.14. The van der Waals surface area contributed by atoms with Crippen molar-refractivity contribution in [3.63, 3.8) is 0 Å². The van der Waals surface area contributed by atoms with E-state index in [-0.39, 0.29) is 23.2 Å². The summed E-state index contributed by atoms with van der Waals surface area (Å²) in [5.41, 5.74) is 0.968. The monoisotopic (exact) mass is 379 g/mol. The molecule has 138 valence electrons. The van der Waals surface area contributed by atoms with Gasteiger partial charge in [0.05, 0.1) is 17.5 Å². The zero-order valence-electron chi connectivity index (χ0n) is 14.2. The van der Waals surface area contributed by atoms with Gasteiger partial charge in [0.1, 0.15) is 0 Å². The van der Waals surface area contributed by atoms with Crippen molar-refractivity contribution in [1.29, 1.82) is 0 Å². The van der Waals surface area contributed by atoms with Crippen LogP contribution in [0.15, 0.2) is 29.2 Å². The summed E-state index contributed by atoms with van der Waals surface area (Å²) in [4.78, 5) is 12.0. The van der Waals surface area contributed by atoms with Crippen molar-refractivity contribution in [3.8, 4) is 0 Å². The van der Waals surface area contributed by atoms with E-state index < -0.39 is 16.1 Å². The molecule has 1 unspecified atom stereocenters. The molecule has 0 heterocycles. The molecule has 9 heteroatoms. The molecule has 0 saturated carbocycles. The second-order valence-corrected chi connectivity index (χ2v) is 6.90. The minimum absolute atomic E-state index is 0. The lowest BCUT2D eigenvalue weighted by molar-refractivity contribution is -0.122. The van der Waals surface area contributed by atoms with Gasteiger partial charge in [0.25, 0.3) is 0 Å². The number of benzene rings is 1. The van der Waals surface area contributed by atoms with Gasteiger partial charge in [0.2, 0.25) is 15.9 Å². The van der Waals surface area contributed by atoms with Gasteiger partial charge < -0.3 is 15.4 Å². The average molecular weight is 380 g/mol. The Labute approximate surface area is 150 Å². The largest absolute Gasteiger partial charge is 0.383 e. The number of aryl methyl sites for hydroxylation is 1. The molecule has 1 aromatic carbocycles. The van der Waals surface area contributed by atoms with Crippen molar-refractivity contribution < 1.29 is 17.9 Å². The van der Waals surface area contributed by atoms with Crippen LogP contribution in [0.25, 0.3) is 0 Å². The van der Waals surface area contributed by atoms with E-state index in [2.05, 4.69) is 15.4 Å². The lowest BCUT2D eigenvalue weighted by Crippen LogP contribution is -2.46. The van der Waals surface area contributed by atoms with Crippen LogP contribution in [0.1, 0.15) is 12.5 Å². The van der Waals surface area contributed by atoms with Gasteiger partial charge in [0, 0.05) is 26.7 Å².